The van der Waals surface area contributed by atoms with Crippen LogP contribution in [0.4, 0.5) is 9.59 Å². The van der Waals surface area contributed by atoms with E-state index in [1.54, 1.807) is 20.8 Å². The van der Waals surface area contributed by atoms with Crippen molar-refractivity contribution in [3.63, 3.8) is 0 Å². The molecule has 0 spiro atoms. The first-order valence-corrected chi connectivity index (χ1v) is 10.5. The highest BCUT2D eigenvalue weighted by Crippen LogP contribution is 2.44. The van der Waals surface area contributed by atoms with Gasteiger partial charge in [0.25, 0.3) is 0 Å². The molecule has 3 rings (SSSR count). The number of carbonyl (C=O) groups excluding carboxylic acids is 2. The van der Waals surface area contributed by atoms with Gasteiger partial charge in [-0.05, 0) is 49.4 Å². The first-order valence-electron chi connectivity index (χ1n) is 10.5. The molecule has 2 aromatic rings. The van der Waals surface area contributed by atoms with Gasteiger partial charge in [0, 0.05) is 12.5 Å². The Morgan fingerprint density at radius 1 is 0.969 bits per heavy atom. The summed E-state index contributed by atoms with van der Waals surface area (Å²) in [5.41, 5.74) is 3.74. The molecule has 2 amide bonds. The summed E-state index contributed by atoms with van der Waals surface area (Å²) in [5.74, 6) is -1.28. The lowest BCUT2D eigenvalue weighted by Crippen LogP contribution is -2.45. The van der Waals surface area contributed by atoms with Crippen molar-refractivity contribution in [1.82, 2.24) is 10.6 Å². The Balaban J connectivity index is 1.50. The quantitative estimate of drug-likeness (QED) is 0.602. The summed E-state index contributed by atoms with van der Waals surface area (Å²) in [6, 6.07) is 14.9. The molecule has 170 valence electrons. The van der Waals surface area contributed by atoms with Crippen molar-refractivity contribution in [3.05, 3.63) is 59.7 Å². The Kier molecular flexibility index (Phi) is 7.02. The van der Waals surface area contributed by atoms with E-state index in [4.69, 9.17) is 9.47 Å². The van der Waals surface area contributed by atoms with E-state index in [0.717, 1.165) is 22.3 Å². The Labute approximate surface area is 186 Å². The van der Waals surface area contributed by atoms with Crippen LogP contribution >= 0.6 is 0 Å². The molecule has 8 heteroatoms. The Hall–Kier alpha value is -3.55. The van der Waals surface area contributed by atoms with Crippen molar-refractivity contribution >= 4 is 18.2 Å². The molecule has 32 heavy (non-hydrogen) atoms. The number of nitrogens with one attached hydrogen (secondary N) is 2. The molecule has 1 atom stereocenters. The Morgan fingerprint density at radius 3 is 2.06 bits per heavy atom. The van der Waals surface area contributed by atoms with Crippen LogP contribution in [0.3, 0.4) is 0 Å². The summed E-state index contributed by atoms with van der Waals surface area (Å²) in [7, 11) is 0. The number of aliphatic carboxylic acids is 1. The normalized spacial score (nSPS) is 13.5. The van der Waals surface area contributed by atoms with Gasteiger partial charge in [-0.15, -0.1) is 0 Å². The number of hydrogen-bond donors (Lipinski definition) is 3. The van der Waals surface area contributed by atoms with E-state index in [0.29, 0.717) is 0 Å². The second kappa shape index (κ2) is 9.72. The molecule has 0 bridgehead atoms. The van der Waals surface area contributed by atoms with Crippen LogP contribution in [0.2, 0.25) is 0 Å². The fourth-order valence-corrected chi connectivity index (χ4v) is 3.68. The number of amides is 2. The van der Waals surface area contributed by atoms with Crippen LogP contribution in [0, 0.1) is 0 Å². The van der Waals surface area contributed by atoms with Crippen molar-refractivity contribution in [2.75, 3.05) is 13.2 Å². The van der Waals surface area contributed by atoms with Gasteiger partial charge in [0.15, 0.2) is 0 Å². The topological polar surface area (TPSA) is 114 Å². The molecular formula is C24H28N2O6. The van der Waals surface area contributed by atoms with Crippen molar-refractivity contribution in [2.45, 2.75) is 44.8 Å². The third-order valence-corrected chi connectivity index (χ3v) is 5.04. The van der Waals surface area contributed by atoms with Gasteiger partial charge >= 0.3 is 18.2 Å². The molecule has 1 unspecified atom stereocenters. The standard InChI is InChI=1S/C24H28N2O6/c1-24(2,3)32-23(30)26-20(21(27)28)12-13-25-22(29)31-14-19-17-10-6-4-8-15(17)16-9-5-7-11-18(16)19/h4-11,19-20H,12-14H2,1-3H3,(H,25,29)(H,26,30)(H,27,28). The third-order valence-electron chi connectivity index (χ3n) is 5.04. The van der Waals surface area contributed by atoms with Gasteiger partial charge in [-0.1, -0.05) is 48.5 Å². The molecule has 0 saturated heterocycles. The fourth-order valence-electron chi connectivity index (χ4n) is 3.68. The predicted octanol–water partition coefficient (Wildman–Crippen LogP) is 3.89. The van der Waals surface area contributed by atoms with Crippen LogP contribution < -0.4 is 10.6 Å². The van der Waals surface area contributed by atoms with Crippen LogP contribution in [0.1, 0.15) is 44.2 Å². The maximum absolute atomic E-state index is 12.2. The van der Waals surface area contributed by atoms with E-state index in [9.17, 15) is 19.5 Å². The van der Waals surface area contributed by atoms with Crippen molar-refractivity contribution < 1.29 is 29.0 Å². The van der Waals surface area contributed by atoms with Gasteiger partial charge in [0.1, 0.15) is 18.2 Å². The molecule has 0 radical (unpaired) electrons. The number of carbonyl (C=O) groups is 3. The molecule has 0 aromatic heterocycles. The number of benzene rings is 2. The highest BCUT2D eigenvalue weighted by molar-refractivity contribution is 5.80. The molecule has 0 heterocycles. The van der Waals surface area contributed by atoms with Crippen molar-refractivity contribution in [1.29, 1.82) is 0 Å². The highest BCUT2D eigenvalue weighted by Gasteiger charge is 2.29. The average Bonchev–Trinajstić information content (AvgIpc) is 3.04. The van der Waals surface area contributed by atoms with E-state index in [1.165, 1.54) is 0 Å². The second-order valence-electron chi connectivity index (χ2n) is 8.58. The minimum absolute atomic E-state index is 0.0151. The zero-order chi connectivity index (χ0) is 23.3. The molecule has 2 aromatic carbocycles. The number of carboxylic acids is 1. The smallest absolute Gasteiger partial charge is 0.408 e. The van der Waals surface area contributed by atoms with Crippen LogP contribution in [0.15, 0.2) is 48.5 Å². The number of ether oxygens (including phenoxy) is 2. The zero-order valence-electron chi connectivity index (χ0n) is 18.4. The molecule has 0 fully saturated rings. The molecule has 1 aliphatic rings. The van der Waals surface area contributed by atoms with E-state index >= 15 is 0 Å². The summed E-state index contributed by atoms with van der Waals surface area (Å²) in [5, 5.41) is 14.1. The molecular weight excluding hydrogens is 412 g/mol. The Bertz CT molecular complexity index is 952. The first kappa shape index (κ1) is 23.1. The summed E-state index contributed by atoms with van der Waals surface area (Å²) < 4.78 is 10.5. The average molecular weight is 440 g/mol. The van der Waals surface area contributed by atoms with Gasteiger partial charge in [-0.25, -0.2) is 14.4 Å². The summed E-state index contributed by atoms with van der Waals surface area (Å²) in [6.45, 7) is 5.23. The maximum Gasteiger partial charge on any atom is 0.408 e. The van der Waals surface area contributed by atoms with Crippen LogP contribution in [0.5, 0.6) is 0 Å². The second-order valence-corrected chi connectivity index (χ2v) is 8.58. The minimum Gasteiger partial charge on any atom is -0.480 e. The number of alkyl carbamates (subject to hydrolysis) is 2. The van der Waals surface area contributed by atoms with Crippen LogP contribution in [0.25, 0.3) is 11.1 Å². The Morgan fingerprint density at radius 2 is 1.53 bits per heavy atom. The van der Waals surface area contributed by atoms with E-state index in [-0.39, 0.29) is 25.5 Å². The van der Waals surface area contributed by atoms with Crippen LogP contribution in [-0.2, 0) is 14.3 Å². The number of fused-ring (bicyclic) bond motifs is 3. The third kappa shape index (κ3) is 5.78. The van der Waals surface area contributed by atoms with Crippen molar-refractivity contribution in [2.24, 2.45) is 0 Å². The lowest BCUT2D eigenvalue weighted by atomic mass is 9.98. The number of carboxylic acid groups (broad SMARTS) is 1. The van der Waals surface area contributed by atoms with Crippen LogP contribution in [-0.4, -0.2) is 48.1 Å². The first-order chi connectivity index (χ1) is 15.2. The monoisotopic (exact) mass is 440 g/mol. The van der Waals surface area contributed by atoms with Gasteiger partial charge < -0.3 is 25.2 Å². The largest absolute Gasteiger partial charge is 0.480 e. The van der Waals surface area contributed by atoms with E-state index < -0.39 is 29.8 Å². The number of hydrogen-bond acceptors (Lipinski definition) is 5. The maximum atomic E-state index is 12.2. The van der Waals surface area contributed by atoms with E-state index in [2.05, 4.69) is 22.8 Å². The lowest BCUT2D eigenvalue weighted by molar-refractivity contribution is -0.139. The summed E-state index contributed by atoms with van der Waals surface area (Å²) >= 11 is 0. The molecule has 1 aliphatic carbocycles. The molecule has 0 aliphatic heterocycles. The lowest BCUT2D eigenvalue weighted by Gasteiger charge is -2.22. The zero-order valence-corrected chi connectivity index (χ0v) is 18.4. The summed E-state index contributed by atoms with van der Waals surface area (Å²) in [6.07, 6.45) is -1.49. The van der Waals surface area contributed by atoms with Gasteiger partial charge in [0.05, 0.1) is 0 Å². The summed E-state index contributed by atoms with van der Waals surface area (Å²) in [4.78, 5) is 35.4. The number of rotatable bonds is 7. The molecule has 8 nitrogen and oxygen atoms in total. The van der Waals surface area contributed by atoms with Crippen molar-refractivity contribution in [3.8, 4) is 11.1 Å². The van der Waals surface area contributed by atoms with Gasteiger partial charge in [-0.3, -0.25) is 0 Å². The van der Waals surface area contributed by atoms with Gasteiger partial charge in [0.2, 0.25) is 0 Å². The SMILES string of the molecule is CC(C)(C)OC(=O)NC(CCNC(=O)OCC1c2ccccc2-c2ccccc21)C(=O)O. The minimum atomic E-state index is -1.22. The predicted molar refractivity (Wildman–Crippen MR) is 118 cm³/mol. The van der Waals surface area contributed by atoms with Gasteiger partial charge in [-0.2, -0.15) is 0 Å². The highest BCUT2D eigenvalue weighted by atomic mass is 16.6. The molecule has 0 saturated carbocycles. The van der Waals surface area contributed by atoms with E-state index in [1.807, 2.05) is 36.4 Å². The molecule has 3 N–H and O–H groups in total. The fraction of sp³-hybridized carbons (Fsp3) is 0.375.